The van der Waals surface area contributed by atoms with Gasteiger partial charge in [0.15, 0.2) is 5.82 Å². The minimum absolute atomic E-state index is 0.133. The molecule has 0 bridgehead atoms. The van der Waals surface area contributed by atoms with E-state index in [1.165, 1.54) is 16.4 Å². The van der Waals surface area contributed by atoms with Gasteiger partial charge >= 0.3 is 0 Å². The van der Waals surface area contributed by atoms with Crippen LogP contribution in [0.1, 0.15) is 29.4 Å². The second-order valence-electron chi connectivity index (χ2n) is 5.15. The molecule has 0 radical (unpaired) electrons. The zero-order chi connectivity index (χ0) is 16.2. The van der Waals surface area contributed by atoms with Crippen molar-refractivity contribution >= 4 is 28.0 Å². The molecule has 0 fully saturated rings. The maximum atomic E-state index is 5.05. The minimum atomic E-state index is 0.133. The fourth-order valence-electron chi connectivity index (χ4n) is 2.27. The number of aryl methyl sites for hydroxylation is 1. The topological polar surface area (TPSA) is 59.9 Å². The number of anilines is 1. The van der Waals surface area contributed by atoms with E-state index in [1.807, 2.05) is 25.1 Å². The third-order valence-corrected chi connectivity index (χ3v) is 5.40. The molecule has 0 amide bonds. The molecule has 1 aromatic carbocycles. The van der Waals surface area contributed by atoms with Crippen LogP contribution in [0.4, 0.5) is 5.13 Å². The lowest BCUT2D eigenvalue weighted by Crippen LogP contribution is -2.06. The Kier molecular flexibility index (Phi) is 5.00. The first-order valence-corrected chi connectivity index (χ1v) is 8.87. The van der Waals surface area contributed by atoms with Gasteiger partial charge in [-0.2, -0.15) is 4.37 Å². The van der Waals surface area contributed by atoms with Crippen molar-refractivity contribution < 1.29 is 4.74 Å². The number of nitrogens with zero attached hydrogens (tertiary/aromatic N) is 3. The first kappa shape index (κ1) is 16.0. The van der Waals surface area contributed by atoms with Crippen LogP contribution in [0.15, 0.2) is 30.3 Å². The zero-order valence-electron chi connectivity index (χ0n) is 13.2. The fourth-order valence-corrected chi connectivity index (χ4v) is 4.00. The highest BCUT2D eigenvalue weighted by atomic mass is 32.1. The molecule has 0 spiro atoms. The second-order valence-corrected chi connectivity index (χ2v) is 6.93. The molecule has 0 aliphatic rings. The van der Waals surface area contributed by atoms with Crippen LogP contribution < -0.4 is 5.32 Å². The molecule has 0 saturated heterocycles. The molecule has 2 aromatic heterocycles. The molecule has 7 heteroatoms. The Morgan fingerprint density at radius 2 is 2.00 bits per heavy atom. The monoisotopic (exact) mass is 346 g/mol. The quantitative estimate of drug-likeness (QED) is 0.721. The van der Waals surface area contributed by atoms with Crippen molar-refractivity contribution in [1.82, 2.24) is 14.3 Å². The summed E-state index contributed by atoms with van der Waals surface area (Å²) in [5.74, 6) is 0.707. The maximum Gasteiger partial charge on any atom is 0.203 e. The normalized spacial score (nSPS) is 12.3. The minimum Gasteiger partial charge on any atom is -0.377 e. The molecular formula is C16H18N4OS2. The van der Waals surface area contributed by atoms with E-state index in [0.717, 1.165) is 21.4 Å². The summed E-state index contributed by atoms with van der Waals surface area (Å²) in [6.45, 7) is 4.60. The van der Waals surface area contributed by atoms with Crippen LogP contribution in [0.5, 0.6) is 0 Å². The lowest BCUT2D eigenvalue weighted by atomic mass is 10.2. The highest BCUT2D eigenvalue weighted by molar-refractivity contribution is 7.15. The summed E-state index contributed by atoms with van der Waals surface area (Å²) in [5, 5.41) is 5.25. The molecule has 23 heavy (non-hydrogen) atoms. The first-order chi connectivity index (χ1) is 11.2. The van der Waals surface area contributed by atoms with Crippen LogP contribution >= 0.6 is 22.9 Å². The summed E-state index contributed by atoms with van der Waals surface area (Å²) in [7, 11) is 1.64. The molecule has 0 aliphatic carbocycles. The largest absolute Gasteiger partial charge is 0.377 e. The lowest BCUT2D eigenvalue weighted by Gasteiger charge is -2.10. The van der Waals surface area contributed by atoms with Gasteiger partial charge in [0, 0.05) is 24.2 Å². The number of benzene rings is 1. The Balaban J connectivity index is 1.76. The number of methoxy groups -OCH3 is 1. The molecule has 5 nitrogen and oxygen atoms in total. The van der Waals surface area contributed by atoms with Gasteiger partial charge in [0.25, 0.3) is 0 Å². The third-order valence-electron chi connectivity index (χ3n) is 3.33. The number of rotatable bonds is 6. The SMILES string of the molecule is COCc1nsc(NC(C)c2sc(-c3ccccc3)nc2C)n1. The van der Waals surface area contributed by atoms with Crippen molar-refractivity contribution in [2.24, 2.45) is 0 Å². The molecular weight excluding hydrogens is 328 g/mol. The van der Waals surface area contributed by atoms with Crippen molar-refractivity contribution in [2.45, 2.75) is 26.5 Å². The third kappa shape index (κ3) is 3.74. The average Bonchev–Trinajstić information content (AvgIpc) is 3.15. The van der Waals surface area contributed by atoms with E-state index in [9.17, 15) is 0 Å². The van der Waals surface area contributed by atoms with Crippen molar-refractivity contribution in [3.63, 3.8) is 0 Å². The molecule has 1 unspecified atom stereocenters. The van der Waals surface area contributed by atoms with Gasteiger partial charge in [-0.15, -0.1) is 11.3 Å². The van der Waals surface area contributed by atoms with Gasteiger partial charge in [-0.05, 0) is 13.8 Å². The van der Waals surface area contributed by atoms with E-state index in [2.05, 4.69) is 33.7 Å². The van der Waals surface area contributed by atoms with Crippen LogP contribution in [-0.4, -0.2) is 21.5 Å². The summed E-state index contributed by atoms with van der Waals surface area (Å²) in [4.78, 5) is 10.3. The molecule has 1 atom stereocenters. The number of hydrogen-bond donors (Lipinski definition) is 1. The van der Waals surface area contributed by atoms with Gasteiger partial charge in [0.05, 0.1) is 16.6 Å². The zero-order valence-corrected chi connectivity index (χ0v) is 14.9. The molecule has 3 aromatic rings. The number of thiazole rings is 1. The smallest absolute Gasteiger partial charge is 0.203 e. The van der Waals surface area contributed by atoms with Crippen molar-refractivity contribution in [3.05, 3.63) is 46.7 Å². The van der Waals surface area contributed by atoms with Crippen LogP contribution in [-0.2, 0) is 11.3 Å². The number of hydrogen-bond acceptors (Lipinski definition) is 7. The summed E-state index contributed by atoms with van der Waals surface area (Å²) < 4.78 is 9.31. The van der Waals surface area contributed by atoms with Crippen molar-refractivity contribution in [3.8, 4) is 10.6 Å². The molecule has 1 N–H and O–H groups in total. The summed E-state index contributed by atoms with van der Waals surface area (Å²) in [6.07, 6.45) is 0. The highest BCUT2D eigenvalue weighted by Crippen LogP contribution is 2.33. The first-order valence-electron chi connectivity index (χ1n) is 7.28. The van der Waals surface area contributed by atoms with Gasteiger partial charge in [-0.3, -0.25) is 0 Å². The second kappa shape index (κ2) is 7.16. The van der Waals surface area contributed by atoms with E-state index in [-0.39, 0.29) is 6.04 Å². The van der Waals surface area contributed by atoms with E-state index < -0.39 is 0 Å². The van der Waals surface area contributed by atoms with Crippen molar-refractivity contribution in [2.75, 3.05) is 12.4 Å². The fraction of sp³-hybridized carbons (Fsp3) is 0.312. The summed E-state index contributed by atoms with van der Waals surface area (Å²) >= 11 is 3.07. The van der Waals surface area contributed by atoms with Crippen LogP contribution in [0.2, 0.25) is 0 Å². The molecule has 2 heterocycles. The lowest BCUT2D eigenvalue weighted by molar-refractivity contribution is 0.179. The highest BCUT2D eigenvalue weighted by Gasteiger charge is 2.16. The molecule has 0 aliphatic heterocycles. The van der Waals surface area contributed by atoms with E-state index >= 15 is 0 Å². The average molecular weight is 346 g/mol. The van der Waals surface area contributed by atoms with Gasteiger partial charge in [0.1, 0.15) is 11.6 Å². The van der Waals surface area contributed by atoms with Gasteiger partial charge < -0.3 is 10.1 Å². The predicted octanol–water partition coefficient (Wildman–Crippen LogP) is 4.29. The Morgan fingerprint density at radius 1 is 1.22 bits per heavy atom. The predicted molar refractivity (Wildman–Crippen MR) is 94.9 cm³/mol. The van der Waals surface area contributed by atoms with Crippen LogP contribution in [0.25, 0.3) is 10.6 Å². The van der Waals surface area contributed by atoms with Crippen molar-refractivity contribution in [1.29, 1.82) is 0 Å². The molecule has 3 rings (SSSR count). The van der Waals surface area contributed by atoms with Crippen LogP contribution in [0.3, 0.4) is 0 Å². The Labute approximate surface area is 143 Å². The molecule has 120 valence electrons. The van der Waals surface area contributed by atoms with E-state index in [1.54, 1.807) is 18.4 Å². The Morgan fingerprint density at radius 3 is 2.74 bits per heavy atom. The van der Waals surface area contributed by atoms with E-state index in [4.69, 9.17) is 9.72 Å². The van der Waals surface area contributed by atoms with Gasteiger partial charge in [-0.1, -0.05) is 30.3 Å². The number of ether oxygens (including phenoxy) is 1. The standard InChI is InChI=1S/C16H18N4OS2/c1-10-14(22-15(17-10)12-7-5-4-6-8-12)11(2)18-16-19-13(9-21-3)20-23-16/h4-8,11H,9H2,1-3H3,(H,18,19,20). The van der Waals surface area contributed by atoms with Crippen LogP contribution in [0, 0.1) is 6.92 Å². The maximum absolute atomic E-state index is 5.05. The Bertz CT molecular complexity index is 769. The molecule has 0 saturated carbocycles. The number of nitrogens with one attached hydrogen (secondary N) is 1. The Hall–Kier alpha value is -1.83. The summed E-state index contributed by atoms with van der Waals surface area (Å²) in [5.41, 5.74) is 2.20. The number of aromatic nitrogens is 3. The van der Waals surface area contributed by atoms with Gasteiger partial charge in [-0.25, -0.2) is 9.97 Å². The summed E-state index contributed by atoms with van der Waals surface area (Å²) in [6, 6.07) is 10.4. The van der Waals surface area contributed by atoms with Gasteiger partial charge in [0.2, 0.25) is 5.13 Å². The van der Waals surface area contributed by atoms with E-state index in [0.29, 0.717) is 12.4 Å².